The number of aromatic nitrogens is 10. The lowest BCUT2D eigenvalue weighted by atomic mass is 10.1. The van der Waals surface area contributed by atoms with Crippen LogP contribution in [0.2, 0.25) is 0 Å². The van der Waals surface area contributed by atoms with Crippen LogP contribution in [0.3, 0.4) is 0 Å². The van der Waals surface area contributed by atoms with Crippen LogP contribution in [0.15, 0.2) is 396 Å². The van der Waals surface area contributed by atoms with Crippen molar-refractivity contribution in [1.82, 2.24) is 47.8 Å². The number of carbonyl (C=O) groups excluding carboxylic acids is 1. The molecule has 5 aromatic heterocycles. The van der Waals surface area contributed by atoms with Gasteiger partial charge in [-0.25, -0.2) is 34.5 Å². The second kappa shape index (κ2) is 40.4. The third-order valence-electron chi connectivity index (χ3n) is 21.1. The summed E-state index contributed by atoms with van der Waals surface area (Å²) in [5.74, 6) is -0.118. The molecule has 22 nitrogen and oxygen atoms in total. The molecule has 0 amide bonds. The molecule has 624 valence electrons. The van der Waals surface area contributed by atoms with E-state index in [1.807, 2.05) is 208 Å². The maximum absolute atomic E-state index is 11.5. The molecule has 0 aliphatic rings. The third-order valence-corrected chi connectivity index (χ3v) is 21.1. The number of benzene rings is 15. The number of anilines is 5. The zero-order valence-electron chi connectivity index (χ0n) is 69.5. The van der Waals surface area contributed by atoms with Crippen molar-refractivity contribution in [1.29, 1.82) is 5.26 Å². The molecule has 15 aromatic carbocycles. The van der Waals surface area contributed by atoms with Crippen LogP contribution in [0, 0.1) is 11.3 Å². The molecule has 22 heteroatoms. The molecule has 0 aliphatic heterocycles. The Balaban J connectivity index is 0.000000117. The van der Waals surface area contributed by atoms with Crippen LogP contribution in [-0.4, -0.2) is 84.1 Å². The molecule has 0 unspecified atom stereocenters. The summed E-state index contributed by atoms with van der Waals surface area (Å²) in [4.78, 5) is 44.7. The first-order valence-electron chi connectivity index (χ1n) is 41.1. The number of carboxylic acid groups (broad SMARTS) is 1. The lowest BCUT2D eigenvalue weighted by molar-refractivity contribution is 0.0599. The number of nitrogens with zero attached hydrogens (tertiary/aromatic N) is 11. The van der Waals surface area contributed by atoms with Gasteiger partial charge in [-0.2, -0.15) is 5.26 Å². The van der Waals surface area contributed by atoms with Crippen LogP contribution in [0.4, 0.5) is 28.4 Å². The first-order chi connectivity index (χ1) is 62.4. The van der Waals surface area contributed by atoms with E-state index < -0.39 is 5.97 Å². The average molecular weight is 1670 g/mol. The molecule has 5 heterocycles. The van der Waals surface area contributed by atoms with Gasteiger partial charge in [0.2, 0.25) is 0 Å². The molecule has 0 saturated carbocycles. The Labute approximate surface area is 733 Å². The van der Waals surface area contributed by atoms with E-state index in [9.17, 15) is 14.7 Å². The number of hydrogen-bond donors (Lipinski definition) is 7. The lowest BCUT2D eigenvalue weighted by Crippen LogP contribution is -2.03. The molecule has 0 spiro atoms. The zero-order valence-corrected chi connectivity index (χ0v) is 69.5. The highest BCUT2D eigenvalue weighted by Crippen LogP contribution is 2.28. The number of carboxylic acids is 1. The summed E-state index contributed by atoms with van der Waals surface area (Å²) >= 11 is 0. The van der Waals surface area contributed by atoms with Gasteiger partial charge in [0.1, 0.15) is 43.1 Å². The molecule has 0 saturated heterocycles. The molecule has 0 atom stereocenters. The van der Waals surface area contributed by atoms with Gasteiger partial charge in [-0.15, -0.1) is 0 Å². The van der Waals surface area contributed by atoms with Crippen LogP contribution in [0.1, 0.15) is 54.1 Å². The minimum absolute atomic E-state index is 0.273. The number of carbonyl (C=O) groups is 2. The van der Waals surface area contributed by atoms with Gasteiger partial charge in [0.15, 0.2) is 0 Å². The molecule has 7 N–H and O–H groups in total. The Bertz CT molecular complexity index is 7160. The first kappa shape index (κ1) is 83.3. The predicted molar refractivity (Wildman–Crippen MR) is 505 cm³/mol. The van der Waals surface area contributed by atoms with E-state index in [2.05, 4.69) is 220 Å². The number of aromatic carboxylic acids is 1. The van der Waals surface area contributed by atoms with Gasteiger partial charge in [-0.3, -0.25) is 22.8 Å². The van der Waals surface area contributed by atoms with Crippen LogP contribution in [0.25, 0.3) is 83.6 Å². The number of methoxy groups -OCH3 is 2. The predicted octanol–water partition coefficient (Wildman–Crippen LogP) is 22.3. The fourth-order valence-electron chi connectivity index (χ4n) is 14.5. The normalized spacial score (nSPS) is 10.7. The molecule has 127 heavy (non-hydrogen) atoms. The quantitative estimate of drug-likeness (QED) is 0.0232. The van der Waals surface area contributed by atoms with Crippen molar-refractivity contribution in [3.63, 3.8) is 0 Å². The maximum Gasteiger partial charge on any atom is 0.337 e. The van der Waals surface area contributed by atoms with E-state index in [4.69, 9.17) is 19.8 Å². The Morgan fingerprint density at radius 3 is 0.827 bits per heavy atom. The van der Waals surface area contributed by atoms with Gasteiger partial charge in [0.05, 0.1) is 92.1 Å². The van der Waals surface area contributed by atoms with Crippen LogP contribution >= 0.6 is 0 Å². The van der Waals surface area contributed by atoms with Crippen LogP contribution < -0.4 is 31.3 Å². The summed E-state index contributed by atoms with van der Waals surface area (Å²) in [7, 11) is 3.05. The van der Waals surface area contributed by atoms with Gasteiger partial charge in [-0.05, 0) is 270 Å². The standard InChI is InChI=1S/C22H19N3O2.C21H16N4.C21H17N3O2.C21H19N3O.C20H17N3O/c1-27-22(26)17-9-11-18(12-10-17)23-14-16-5-4-6-19(13-16)25-15-24-20-7-2-3-8-21(20)25;22-13-16-8-10-18(11-9-16)23-14-17-4-3-5-19(12-17)25-15-24-20-6-1-2-7-21(20)25;25-21(26)16-8-10-17(11-9-16)22-13-15-4-3-5-18(12-15)24-14-23-19-6-1-2-7-20(19)24;1-25-19-11-9-17(10-12-19)22-14-16-5-4-6-18(13-16)24-15-23-20-7-2-3-8-21(20)24;24-18-10-8-16(9-11-18)21-13-15-4-3-5-17(12-15)23-14-22-19-6-1-2-7-20(19)23/h2-13,15,23H,14H2,1H3;1-12,15,23H,14H2;1-12,14,22H,13H2,(H,25,26);2-13,15,22H,14H2,1H3;1-12,14,21,24H,13H2. The fraction of sp³-hybridized carbons (Fsp3) is 0.0667. The molecule has 0 aliphatic carbocycles. The lowest BCUT2D eigenvalue weighted by Gasteiger charge is -2.10. The maximum atomic E-state index is 11.5. The first-order valence-corrected chi connectivity index (χ1v) is 41.1. The van der Waals surface area contributed by atoms with Gasteiger partial charge < -0.3 is 46.3 Å². The number of phenols is 1. The minimum Gasteiger partial charge on any atom is -0.508 e. The Morgan fingerprint density at radius 2 is 0.567 bits per heavy atom. The number of fused-ring (bicyclic) bond motifs is 5. The molecule has 0 bridgehead atoms. The summed E-state index contributed by atoms with van der Waals surface area (Å²) in [6.45, 7) is 3.51. The summed E-state index contributed by atoms with van der Waals surface area (Å²) in [6, 6.07) is 121. The van der Waals surface area contributed by atoms with Gasteiger partial charge in [-0.1, -0.05) is 121 Å². The molecular weight excluding hydrogens is 1580 g/mol. The SMILES string of the molecule is COC(=O)c1ccc(NCc2cccc(-n3cnc4ccccc43)c2)cc1.COc1ccc(NCc2cccc(-n3cnc4ccccc43)c2)cc1.N#Cc1ccc(NCc2cccc(-n3cnc4ccccc43)c2)cc1.O=C(O)c1ccc(NCc2cccc(-n3cnc4ccccc43)c2)cc1.Oc1ccc(NCc2cccc(-n3cnc4ccccc43)c2)cc1. The number of aromatic hydroxyl groups is 1. The minimum atomic E-state index is -0.920. The van der Waals surface area contributed by atoms with Crippen molar-refractivity contribution >= 4 is 95.5 Å². The number of nitriles is 1. The summed E-state index contributed by atoms with van der Waals surface area (Å²) in [5, 5.41) is 44.0. The van der Waals surface area contributed by atoms with E-state index in [1.165, 1.54) is 23.8 Å². The second-order valence-corrected chi connectivity index (χ2v) is 29.5. The summed E-state index contributed by atoms with van der Waals surface area (Å²) < 4.78 is 20.4. The Hall–Kier alpha value is -17.3. The third kappa shape index (κ3) is 21.2. The molecular formula is C105H88N16O6. The fourth-order valence-corrected chi connectivity index (χ4v) is 14.5. The van der Waals surface area contributed by atoms with Crippen molar-refractivity contribution in [3.05, 3.63) is 440 Å². The summed E-state index contributed by atoms with van der Waals surface area (Å²) in [5.41, 5.74) is 28.0. The Morgan fingerprint density at radius 1 is 0.315 bits per heavy atom. The molecule has 0 radical (unpaired) electrons. The number of phenolic OH excluding ortho intramolecular Hbond substituents is 1. The van der Waals surface area contributed by atoms with Gasteiger partial charge in [0.25, 0.3) is 0 Å². The van der Waals surface area contributed by atoms with Crippen molar-refractivity contribution in [2.24, 2.45) is 0 Å². The van der Waals surface area contributed by atoms with E-state index >= 15 is 0 Å². The van der Waals surface area contributed by atoms with E-state index in [-0.39, 0.29) is 17.3 Å². The van der Waals surface area contributed by atoms with E-state index in [1.54, 1.807) is 55.6 Å². The number of para-hydroxylation sites is 10. The van der Waals surface area contributed by atoms with Crippen molar-refractivity contribution in [3.8, 4) is 46.0 Å². The number of hydrogen-bond acceptors (Lipinski definition) is 16. The van der Waals surface area contributed by atoms with E-state index in [0.717, 1.165) is 135 Å². The summed E-state index contributed by atoms with van der Waals surface area (Å²) in [6.07, 6.45) is 9.28. The van der Waals surface area contributed by atoms with Crippen molar-refractivity contribution in [2.75, 3.05) is 40.8 Å². The smallest absolute Gasteiger partial charge is 0.337 e. The average Bonchev–Trinajstić information content (AvgIpc) is 1.69. The van der Waals surface area contributed by atoms with Gasteiger partial charge in [0, 0.05) is 89.6 Å². The highest BCUT2D eigenvalue weighted by Gasteiger charge is 2.13. The largest absolute Gasteiger partial charge is 0.508 e. The van der Waals surface area contributed by atoms with Crippen molar-refractivity contribution < 1.29 is 29.3 Å². The number of nitrogens with one attached hydrogen (secondary N) is 5. The van der Waals surface area contributed by atoms with Gasteiger partial charge >= 0.3 is 11.9 Å². The van der Waals surface area contributed by atoms with Crippen LogP contribution in [-0.2, 0) is 37.5 Å². The number of imidazole rings is 5. The monoisotopic (exact) mass is 1670 g/mol. The highest BCUT2D eigenvalue weighted by molar-refractivity contribution is 5.90. The molecule has 0 fully saturated rings. The number of rotatable bonds is 23. The molecule has 20 aromatic rings. The van der Waals surface area contributed by atoms with E-state index in [0.29, 0.717) is 37.3 Å². The highest BCUT2D eigenvalue weighted by atomic mass is 16.5. The number of esters is 1. The number of ether oxygens (including phenoxy) is 2. The zero-order chi connectivity index (χ0) is 87.1. The topological polar surface area (TPSA) is 266 Å². The van der Waals surface area contributed by atoms with Crippen molar-refractivity contribution in [2.45, 2.75) is 32.7 Å². The van der Waals surface area contributed by atoms with Crippen LogP contribution in [0.5, 0.6) is 11.5 Å². The Kier molecular flexibility index (Phi) is 26.5. The molecule has 20 rings (SSSR count). The second-order valence-electron chi connectivity index (χ2n) is 29.5.